The van der Waals surface area contributed by atoms with Crippen LogP contribution in [0, 0.1) is 0 Å². The molecule has 0 radical (unpaired) electrons. The van der Waals surface area contributed by atoms with Gasteiger partial charge in [-0.05, 0) is 12.1 Å². The number of aromatic nitrogens is 5. The van der Waals surface area contributed by atoms with Crippen molar-refractivity contribution in [2.75, 3.05) is 20.3 Å². The third-order valence-corrected chi connectivity index (χ3v) is 3.72. The lowest BCUT2D eigenvalue weighted by Crippen LogP contribution is -2.33. The van der Waals surface area contributed by atoms with Crippen LogP contribution in [0.25, 0.3) is 5.69 Å². The van der Waals surface area contributed by atoms with Crippen molar-refractivity contribution < 1.29 is 9.53 Å². The zero-order valence-corrected chi connectivity index (χ0v) is 14.2. The first kappa shape index (κ1) is 16.8. The SMILES string of the molecule is COCCN(Cc1cnn(C)c1)C(=O)c1cn(-c2ccccc2)nn1. The molecule has 0 saturated heterocycles. The van der Waals surface area contributed by atoms with E-state index in [0.717, 1.165) is 11.3 Å². The first-order valence-corrected chi connectivity index (χ1v) is 7.91. The minimum Gasteiger partial charge on any atom is -0.383 e. The van der Waals surface area contributed by atoms with Gasteiger partial charge in [0.1, 0.15) is 0 Å². The quantitative estimate of drug-likeness (QED) is 0.648. The molecule has 0 atom stereocenters. The molecule has 1 aromatic carbocycles. The molecular formula is C17H20N6O2. The smallest absolute Gasteiger partial charge is 0.276 e. The van der Waals surface area contributed by atoms with E-state index < -0.39 is 0 Å². The van der Waals surface area contributed by atoms with Crippen molar-refractivity contribution in [1.29, 1.82) is 0 Å². The van der Waals surface area contributed by atoms with Gasteiger partial charge in [0.2, 0.25) is 0 Å². The molecule has 8 heteroatoms. The van der Waals surface area contributed by atoms with E-state index in [9.17, 15) is 4.79 Å². The highest BCUT2D eigenvalue weighted by molar-refractivity contribution is 5.92. The molecule has 0 fully saturated rings. The zero-order valence-electron chi connectivity index (χ0n) is 14.2. The van der Waals surface area contributed by atoms with Gasteiger partial charge in [0.05, 0.1) is 24.7 Å². The third kappa shape index (κ3) is 4.10. The number of ether oxygens (including phenoxy) is 1. The number of para-hydroxylation sites is 1. The van der Waals surface area contributed by atoms with Gasteiger partial charge in [-0.1, -0.05) is 23.4 Å². The maximum atomic E-state index is 12.8. The van der Waals surface area contributed by atoms with Gasteiger partial charge in [-0.2, -0.15) is 5.10 Å². The number of aryl methyl sites for hydroxylation is 1. The fraction of sp³-hybridized carbons (Fsp3) is 0.294. The van der Waals surface area contributed by atoms with E-state index in [1.54, 1.807) is 33.8 Å². The Hall–Kier alpha value is -3.00. The molecule has 130 valence electrons. The number of rotatable bonds is 7. The van der Waals surface area contributed by atoms with Crippen molar-refractivity contribution in [3.8, 4) is 5.69 Å². The molecule has 0 spiro atoms. The van der Waals surface area contributed by atoms with E-state index in [1.807, 2.05) is 43.6 Å². The number of hydrogen-bond acceptors (Lipinski definition) is 5. The van der Waals surface area contributed by atoms with Crippen LogP contribution in [0.2, 0.25) is 0 Å². The molecule has 2 aromatic heterocycles. The molecule has 0 bridgehead atoms. The minimum atomic E-state index is -0.192. The lowest BCUT2D eigenvalue weighted by Gasteiger charge is -2.20. The maximum Gasteiger partial charge on any atom is 0.276 e. The summed E-state index contributed by atoms with van der Waals surface area (Å²) in [6.45, 7) is 1.34. The Balaban J connectivity index is 1.78. The van der Waals surface area contributed by atoms with E-state index in [-0.39, 0.29) is 5.91 Å². The number of amides is 1. The third-order valence-electron chi connectivity index (χ3n) is 3.72. The lowest BCUT2D eigenvalue weighted by molar-refractivity contribution is 0.0674. The summed E-state index contributed by atoms with van der Waals surface area (Å²) in [5.41, 5.74) is 2.09. The molecule has 8 nitrogen and oxygen atoms in total. The van der Waals surface area contributed by atoms with E-state index in [4.69, 9.17) is 4.74 Å². The second-order valence-electron chi connectivity index (χ2n) is 5.63. The van der Waals surface area contributed by atoms with Crippen LogP contribution >= 0.6 is 0 Å². The van der Waals surface area contributed by atoms with Crippen molar-refractivity contribution in [2.24, 2.45) is 7.05 Å². The Morgan fingerprint density at radius 3 is 2.72 bits per heavy atom. The molecule has 0 unspecified atom stereocenters. The molecule has 25 heavy (non-hydrogen) atoms. The minimum absolute atomic E-state index is 0.192. The van der Waals surface area contributed by atoms with Crippen molar-refractivity contribution in [1.82, 2.24) is 29.7 Å². The standard InChI is InChI=1S/C17H20N6O2/c1-21-11-14(10-18-21)12-22(8-9-25-2)17(24)16-13-23(20-19-16)15-6-4-3-5-7-15/h3-7,10-11,13H,8-9,12H2,1-2H3. The zero-order chi connectivity index (χ0) is 17.6. The second kappa shape index (κ2) is 7.71. The summed E-state index contributed by atoms with van der Waals surface area (Å²) < 4.78 is 8.42. The molecule has 0 N–H and O–H groups in total. The number of nitrogens with zero attached hydrogens (tertiary/aromatic N) is 6. The summed E-state index contributed by atoms with van der Waals surface area (Å²) in [4.78, 5) is 14.5. The fourth-order valence-electron chi connectivity index (χ4n) is 2.46. The highest BCUT2D eigenvalue weighted by Crippen LogP contribution is 2.10. The predicted octanol–water partition coefficient (Wildman–Crippen LogP) is 1.29. The van der Waals surface area contributed by atoms with Gasteiger partial charge in [-0.15, -0.1) is 5.10 Å². The molecule has 0 saturated carbocycles. The van der Waals surface area contributed by atoms with Crippen LogP contribution in [0.4, 0.5) is 0 Å². The normalized spacial score (nSPS) is 10.8. The highest BCUT2D eigenvalue weighted by Gasteiger charge is 2.20. The molecule has 3 rings (SSSR count). The van der Waals surface area contributed by atoms with Crippen LogP contribution in [0.3, 0.4) is 0 Å². The summed E-state index contributed by atoms with van der Waals surface area (Å²) in [5.74, 6) is -0.192. The topological polar surface area (TPSA) is 78.1 Å². The molecule has 0 aliphatic carbocycles. The van der Waals surface area contributed by atoms with E-state index in [1.165, 1.54) is 0 Å². The van der Waals surface area contributed by atoms with Gasteiger partial charge < -0.3 is 9.64 Å². The van der Waals surface area contributed by atoms with E-state index in [2.05, 4.69) is 15.4 Å². The van der Waals surface area contributed by atoms with Gasteiger partial charge in [-0.25, -0.2) is 4.68 Å². The fourth-order valence-corrected chi connectivity index (χ4v) is 2.46. The first-order chi connectivity index (χ1) is 12.2. The molecule has 1 amide bonds. The van der Waals surface area contributed by atoms with Gasteiger partial charge >= 0.3 is 0 Å². The number of carbonyl (C=O) groups is 1. The number of methoxy groups -OCH3 is 1. The van der Waals surface area contributed by atoms with Crippen molar-refractivity contribution in [3.63, 3.8) is 0 Å². The molecule has 2 heterocycles. The van der Waals surface area contributed by atoms with Crippen LogP contribution in [0.15, 0.2) is 48.9 Å². The number of hydrogen-bond donors (Lipinski definition) is 0. The van der Waals surface area contributed by atoms with Crippen LogP contribution in [-0.4, -0.2) is 55.8 Å². The number of carbonyl (C=O) groups excluding carboxylic acids is 1. The van der Waals surface area contributed by atoms with Crippen LogP contribution in [0.5, 0.6) is 0 Å². The Morgan fingerprint density at radius 1 is 1.24 bits per heavy atom. The van der Waals surface area contributed by atoms with E-state index in [0.29, 0.717) is 25.4 Å². The van der Waals surface area contributed by atoms with Crippen molar-refractivity contribution >= 4 is 5.91 Å². The lowest BCUT2D eigenvalue weighted by atomic mass is 10.3. The Morgan fingerprint density at radius 2 is 2.04 bits per heavy atom. The Kier molecular flexibility index (Phi) is 5.20. The molecule has 0 aliphatic rings. The predicted molar refractivity (Wildman–Crippen MR) is 91.2 cm³/mol. The van der Waals surface area contributed by atoms with Gasteiger partial charge in [-0.3, -0.25) is 9.48 Å². The average Bonchev–Trinajstić information content (AvgIpc) is 3.28. The van der Waals surface area contributed by atoms with Crippen molar-refractivity contribution in [3.05, 3.63) is 60.2 Å². The second-order valence-corrected chi connectivity index (χ2v) is 5.63. The Labute approximate surface area is 145 Å². The van der Waals surface area contributed by atoms with Crippen LogP contribution in [-0.2, 0) is 18.3 Å². The van der Waals surface area contributed by atoms with E-state index >= 15 is 0 Å². The van der Waals surface area contributed by atoms with Crippen molar-refractivity contribution in [2.45, 2.75) is 6.54 Å². The molecular weight excluding hydrogens is 320 g/mol. The largest absolute Gasteiger partial charge is 0.383 e. The summed E-state index contributed by atoms with van der Waals surface area (Å²) >= 11 is 0. The van der Waals surface area contributed by atoms with Crippen LogP contribution < -0.4 is 0 Å². The summed E-state index contributed by atoms with van der Waals surface area (Å²) in [6.07, 6.45) is 5.27. The average molecular weight is 340 g/mol. The highest BCUT2D eigenvalue weighted by atomic mass is 16.5. The summed E-state index contributed by atoms with van der Waals surface area (Å²) in [7, 11) is 3.45. The van der Waals surface area contributed by atoms with Crippen LogP contribution in [0.1, 0.15) is 16.1 Å². The first-order valence-electron chi connectivity index (χ1n) is 7.91. The summed E-state index contributed by atoms with van der Waals surface area (Å²) in [6, 6.07) is 9.55. The molecule has 3 aromatic rings. The monoisotopic (exact) mass is 340 g/mol. The van der Waals surface area contributed by atoms with Gasteiger partial charge in [0, 0.05) is 39.0 Å². The number of benzene rings is 1. The Bertz CT molecular complexity index is 827. The molecule has 0 aliphatic heterocycles. The van der Waals surface area contributed by atoms with Gasteiger partial charge in [0.25, 0.3) is 5.91 Å². The maximum absolute atomic E-state index is 12.8. The summed E-state index contributed by atoms with van der Waals surface area (Å²) in [5, 5.41) is 12.2. The van der Waals surface area contributed by atoms with Gasteiger partial charge in [0.15, 0.2) is 5.69 Å².